The highest BCUT2D eigenvalue weighted by molar-refractivity contribution is 6.31. The summed E-state index contributed by atoms with van der Waals surface area (Å²) in [5, 5.41) is 13.6. The van der Waals surface area contributed by atoms with E-state index in [-0.39, 0.29) is 0 Å². The van der Waals surface area contributed by atoms with Gasteiger partial charge in [-0.1, -0.05) is 35.3 Å². The van der Waals surface area contributed by atoms with Crippen LogP contribution in [0.1, 0.15) is 11.1 Å². The van der Waals surface area contributed by atoms with Crippen LogP contribution in [0.15, 0.2) is 42.5 Å². The van der Waals surface area contributed by atoms with Gasteiger partial charge in [0.25, 0.3) is 0 Å². The Morgan fingerprint density at radius 2 is 1.68 bits per heavy atom. The first-order chi connectivity index (χ1) is 9.19. The van der Waals surface area contributed by atoms with Crippen molar-refractivity contribution in [3.63, 3.8) is 0 Å². The van der Waals surface area contributed by atoms with Crippen molar-refractivity contribution in [2.24, 2.45) is 0 Å². The Hall–Kier alpha value is -1.69. The number of nitrogens with one attached hydrogen (secondary N) is 1. The smallest absolute Gasteiger partial charge is 0.101 e. The fourth-order valence-electron chi connectivity index (χ4n) is 1.75. The molecule has 0 unspecified atom stereocenters. The molecule has 0 heterocycles. The van der Waals surface area contributed by atoms with Gasteiger partial charge in [0.1, 0.15) is 6.07 Å². The van der Waals surface area contributed by atoms with Crippen molar-refractivity contribution < 1.29 is 0 Å². The van der Waals surface area contributed by atoms with Gasteiger partial charge in [0.2, 0.25) is 0 Å². The maximum atomic E-state index is 9.01. The Labute approximate surface area is 122 Å². The Morgan fingerprint density at radius 3 is 2.37 bits per heavy atom. The van der Waals surface area contributed by atoms with Crippen molar-refractivity contribution >= 4 is 28.9 Å². The highest BCUT2D eigenvalue weighted by Crippen LogP contribution is 2.20. The van der Waals surface area contributed by atoms with Crippen LogP contribution in [-0.2, 0) is 6.42 Å². The van der Waals surface area contributed by atoms with Crippen LogP contribution < -0.4 is 5.32 Å². The molecule has 0 amide bonds. The lowest BCUT2D eigenvalue weighted by Gasteiger charge is -2.08. The monoisotopic (exact) mass is 290 g/mol. The maximum absolute atomic E-state index is 9.01. The summed E-state index contributed by atoms with van der Waals surface area (Å²) in [4.78, 5) is 0. The molecule has 1 N–H and O–H groups in total. The number of hydrogen-bond donors (Lipinski definition) is 1. The van der Waals surface area contributed by atoms with Crippen LogP contribution in [0.2, 0.25) is 10.0 Å². The van der Waals surface area contributed by atoms with E-state index < -0.39 is 0 Å². The molecule has 96 valence electrons. The highest BCUT2D eigenvalue weighted by atomic mass is 35.5. The van der Waals surface area contributed by atoms with Crippen molar-refractivity contribution in [2.45, 2.75) is 6.42 Å². The van der Waals surface area contributed by atoms with Crippen molar-refractivity contribution in [1.29, 1.82) is 5.26 Å². The van der Waals surface area contributed by atoms with Crippen LogP contribution in [0.25, 0.3) is 0 Å². The van der Waals surface area contributed by atoms with Gasteiger partial charge in [0.15, 0.2) is 0 Å². The van der Waals surface area contributed by atoms with Crippen molar-refractivity contribution in [1.82, 2.24) is 0 Å². The molecule has 0 spiro atoms. The third kappa shape index (κ3) is 3.89. The summed E-state index contributed by atoms with van der Waals surface area (Å²) in [5.74, 6) is 0. The van der Waals surface area contributed by atoms with E-state index in [2.05, 4.69) is 11.4 Å². The van der Waals surface area contributed by atoms with Gasteiger partial charge in [-0.3, -0.25) is 0 Å². The predicted octanol–water partition coefficient (Wildman–Crippen LogP) is 4.52. The largest absolute Gasteiger partial charge is 0.384 e. The summed E-state index contributed by atoms with van der Waals surface area (Å²) in [6.07, 6.45) is 0.856. The van der Waals surface area contributed by atoms with Crippen LogP contribution in [0, 0.1) is 11.3 Å². The van der Waals surface area contributed by atoms with Gasteiger partial charge in [0, 0.05) is 16.6 Å². The lowest BCUT2D eigenvalue weighted by atomic mass is 10.1. The second kappa shape index (κ2) is 6.47. The Balaban J connectivity index is 1.98. The predicted molar refractivity (Wildman–Crippen MR) is 79.8 cm³/mol. The standard InChI is InChI=1S/C15H12Cl2N2/c16-13-4-1-11(2-5-13)7-8-19-15-9-14(17)6-3-12(15)10-18/h1-6,9,19H,7-8H2. The molecule has 2 nitrogen and oxygen atoms in total. The lowest BCUT2D eigenvalue weighted by Crippen LogP contribution is -2.06. The number of nitrogens with zero attached hydrogens (tertiary/aromatic N) is 1. The quantitative estimate of drug-likeness (QED) is 0.899. The minimum atomic E-state index is 0.598. The summed E-state index contributed by atoms with van der Waals surface area (Å²) in [5.41, 5.74) is 2.56. The molecule has 4 heteroatoms. The minimum Gasteiger partial charge on any atom is -0.384 e. The molecule has 0 atom stereocenters. The summed E-state index contributed by atoms with van der Waals surface area (Å²) in [6, 6.07) is 15.1. The fraction of sp³-hybridized carbons (Fsp3) is 0.133. The molecule has 2 aromatic rings. The van der Waals surface area contributed by atoms with Crippen LogP contribution in [0.4, 0.5) is 5.69 Å². The van der Waals surface area contributed by atoms with E-state index >= 15 is 0 Å². The molecule has 0 aliphatic heterocycles. The van der Waals surface area contributed by atoms with E-state index in [9.17, 15) is 0 Å². The second-order valence-electron chi connectivity index (χ2n) is 4.10. The first kappa shape index (κ1) is 13.7. The first-order valence-electron chi connectivity index (χ1n) is 5.87. The van der Waals surface area contributed by atoms with Gasteiger partial charge in [-0.05, 0) is 42.3 Å². The van der Waals surface area contributed by atoms with Gasteiger partial charge < -0.3 is 5.32 Å². The van der Waals surface area contributed by atoms with Crippen molar-refractivity contribution in [3.8, 4) is 6.07 Å². The van der Waals surface area contributed by atoms with Crippen molar-refractivity contribution in [3.05, 3.63) is 63.6 Å². The molecule has 0 aliphatic rings. The Bertz CT molecular complexity index is 601. The third-order valence-electron chi connectivity index (χ3n) is 2.74. The van der Waals surface area contributed by atoms with Gasteiger partial charge in [-0.25, -0.2) is 0 Å². The average molecular weight is 291 g/mol. The number of halogens is 2. The van der Waals surface area contributed by atoms with Gasteiger partial charge in [-0.15, -0.1) is 0 Å². The normalized spacial score (nSPS) is 9.95. The lowest BCUT2D eigenvalue weighted by molar-refractivity contribution is 1.02. The van der Waals surface area contributed by atoms with E-state index in [1.54, 1.807) is 18.2 Å². The summed E-state index contributed by atoms with van der Waals surface area (Å²) in [6.45, 7) is 0.733. The Morgan fingerprint density at radius 1 is 1.00 bits per heavy atom. The molecule has 0 saturated carbocycles. The van der Waals surface area contributed by atoms with Crippen LogP contribution in [0.5, 0.6) is 0 Å². The van der Waals surface area contributed by atoms with E-state index in [1.165, 1.54) is 5.56 Å². The summed E-state index contributed by atoms with van der Waals surface area (Å²) in [7, 11) is 0. The van der Waals surface area contributed by atoms with Crippen LogP contribution >= 0.6 is 23.2 Å². The average Bonchev–Trinajstić information content (AvgIpc) is 2.41. The van der Waals surface area contributed by atoms with Crippen LogP contribution in [0.3, 0.4) is 0 Å². The van der Waals surface area contributed by atoms with E-state index in [1.807, 2.05) is 24.3 Å². The maximum Gasteiger partial charge on any atom is 0.101 e. The zero-order valence-corrected chi connectivity index (χ0v) is 11.7. The molecule has 19 heavy (non-hydrogen) atoms. The molecule has 0 aromatic heterocycles. The Kier molecular flexibility index (Phi) is 4.68. The van der Waals surface area contributed by atoms with Crippen LogP contribution in [-0.4, -0.2) is 6.54 Å². The van der Waals surface area contributed by atoms with Crippen molar-refractivity contribution in [2.75, 3.05) is 11.9 Å². The number of rotatable bonds is 4. The van der Waals surface area contributed by atoms with Gasteiger partial charge in [-0.2, -0.15) is 5.26 Å². The molecular formula is C15H12Cl2N2. The van der Waals surface area contributed by atoms with E-state index in [0.29, 0.717) is 10.6 Å². The molecule has 0 radical (unpaired) electrons. The minimum absolute atomic E-state index is 0.598. The zero-order valence-electron chi connectivity index (χ0n) is 10.2. The SMILES string of the molecule is N#Cc1ccc(Cl)cc1NCCc1ccc(Cl)cc1. The first-order valence-corrected chi connectivity index (χ1v) is 6.62. The van der Waals surface area contributed by atoms with Gasteiger partial charge >= 0.3 is 0 Å². The zero-order chi connectivity index (χ0) is 13.7. The fourth-order valence-corrected chi connectivity index (χ4v) is 2.05. The third-order valence-corrected chi connectivity index (χ3v) is 3.23. The summed E-state index contributed by atoms with van der Waals surface area (Å²) >= 11 is 11.8. The van der Waals surface area contributed by atoms with Gasteiger partial charge in [0.05, 0.1) is 11.3 Å². The molecular weight excluding hydrogens is 279 g/mol. The van der Waals surface area contributed by atoms with E-state index in [4.69, 9.17) is 28.5 Å². The number of benzene rings is 2. The number of hydrogen-bond acceptors (Lipinski definition) is 2. The molecule has 0 bridgehead atoms. The molecule has 2 rings (SSSR count). The molecule has 0 saturated heterocycles. The highest BCUT2D eigenvalue weighted by Gasteiger charge is 2.02. The molecule has 2 aromatic carbocycles. The second-order valence-corrected chi connectivity index (χ2v) is 4.98. The number of nitriles is 1. The molecule has 0 aliphatic carbocycles. The topological polar surface area (TPSA) is 35.8 Å². The summed E-state index contributed by atoms with van der Waals surface area (Å²) < 4.78 is 0. The number of anilines is 1. The molecule has 0 fully saturated rings. The van der Waals surface area contributed by atoms with E-state index in [0.717, 1.165) is 23.7 Å².